The number of aromatic nitrogens is 4. The van der Waals surface area contributed by atoms with Crippen LogP contribution in [-0.2, 0) is 4.79 Å². The quantitative estimate of drug-likeness (QED) is 0.631. The van der Waals surface area contributed by atoms with E-state index in [-0.39, 0.29) is 11.2 Å². The maximum absolute atomic E-state index is 12.4. The highest BCUT2D eigenvalue weighted by Crippen LogP contribution is 2.26. The minimum atomic E-state index is -0.184. The lowest BCUT2D eigenvalue weighted by Gasteiger charge is -2.22. The number of thioether (sulfide) groups is 1. The van der Waals surface area contributed by atoms with Crippen LogP contribution >= 0.6 is 23.1 Å². The van der Waals surface area contributed by atoms with Gasteiger partial charge in [-0.25, -0.2) is 0 Å². The van der Waals surface area contributed by atoms with Crippen molar-refractivity contribution in [3.8, 4) is 10.7 Å². The van der Waals surface area contributed by atoms with Gasteiger partial charge in [0.05, 0.1) is 10.1 Å². The summed E-state index contributed by atoms with van der Waals surface area (Å²) in [5, 5.41) is 15.6. The third-order valence-corrected chi connectivity index (χ3v) is 5.58. The molecule has 24 heavy (non-hydrogen) atoms. The molecule has 0 bridgehead atoms. The van der Waals surface area contributed by atoms with E-state index in [1.54, 1.807) is 15.9 Å². The third kappa shape index (κ3) is 3.29. The van der Waals surface area contributed by atoms with Gasteiger partial charge in [-0.3, -0.25) is 4.79 Å². The fourth-order valence-corrected chi connectivity index (χ4v) is 4.00. The second-order valence-corrected chi connectivity index (χ2v) is 7.52. The number of carbonyl (C=O) groups is 1. The van der Waals surface area contributed by atoms with Crippen molar-refractivity contribution in [2.45, 2.75) is 31.0 Å². The number of thiophene rings is 1. The van der Waals surface area contributed by atoms with Crippen molar-refractivity contribution in [1.29, 1.82) is 0 Å². The van der Waals surface area contributed by atoms with E-state index in [0.717, 1.165) is 28.8 Å². The van der Waals surface area contributed by atoms with Gasteiger partial charge in [0.25, 0.3) is 0 Å². The molecule has 0 aliphatic heterocycles. The Morgan fingerprint density at radius 2 is 2.08 bits per heavy atom. The fraction of sp³-hybridized carbons (Fsp3) is 0.375. The predicted octanol–water partition coefficient (Wildman–Crippen LogP) is 3.20. The number of hydrogen-bond acceptors (Lipinski definition) is 6. The smallest absolute Gasteiger partial charge is 0.235 e. The lowest BCUT2D eigenvalue weighted by molar-refractivity contribution is -0.129. The normalized spacial score (nSPS) is 12.5. The van der Waals surface area contributed by atoms with Crippen LogP contribution in [0.1, 0.15) is 20.8 Å². The van der Waals surface area contributed by atoms with Gasteiger partial charge in [-0.1, -0.05) is 17.8 Å². The Morgan fingerprint density at radius 3 is 2.75 bits per heavy atom. The Labute approximate surface area is 148 Å². The summed E-state index contributed by atoms with van der Waals surface area (Å²) in [6.45, 7) is 7.35. The first kappa shape index (κ1) is 16.9. The van der Waals surface area contributed by atoms with Gasteiger partial charge in [0.2, 0.25) is 5.91 Å². The van der Waals surface area contributed by atoms with Crippen molar-refractivity contribution in [2.75, 3.05) is 13.1 Å². The molecule has 1 amide bonds. The SMILES string of the molecule is CCN(CC)C(=O)[C@@H](C)Sc1ccc2nnc(-c3cccs3)n2n1. The number of fused-ring (bicyclic) bond motifs is 1. The summed E-state index contributed by atoms with van der Waals surface area (Å²) >= 11 is 3.06. The second-order valence-electron chi connectivity index (χ2n) is 5.21. The van der Waals surface area contributed by atoms with Crippen molar-refractivity contribution in [3.05, 3.63) is 29.6 Å². The van der Waals surface area contributed by atoms with E-state index in [4.69, 9.17) is 0 Å². The van der Waals surface area contributed by atoms with Crippen molar-refractivity contribution in [2.24, 2.45) is 0 Å². The molecule has 0 N–H and O–H groups in total. The summed E-state index contributed by atoms with van der Waals surface area (Å²) < 4.78 is 1.74. The molecule has 0 aliphatic rings. The highest BCUT2D eigenvalue weighted by Gasteiger charge is 2.20. The number of carbonyl (C=O) groups excluding carboxylic acids is 1. The highest BCUT2D eigenvalue weighted by molar-refractivity contribution is 8.00. The average Bonchev–Trinajstić information content (AvgIpc) is 3.24. The molecule has 1 atom stereocenters. The van der Waals surface area contributed by atoms with Crippen LogP contribution in [0.5, 0.6) is 0 Å². The Morgan fingerprint density at radius 1 is 1.29 bits per heavy atom. The monoisotopic (exact) mass is 361 g/mol. The number of nitrogens with zero attached hydrogens (tertiary/aromatic N) is 5. The van der Waals surface area contributed by atoms with E-state index in [1.165, 1.54) is 11.8 Å². The first-order valence-electron chi connectivity index (χ1n) is 7.85. The second kappa shape index (κ2) is 7.31. The van der Waals surface area contributed by atoms with E-state index >= 15 is 0 Å². The van der Waals surface area contributed by atoms with Gasteiger partial charge >= 0.3 is 0 Å². The summed E-state index contributed by atoms with van der Waals surface area (Å²) in [5.41, 5.74) is 0.700. The Hall–Kier alpha value is -1.93. The molecule has 0 saturated carbocycles. The molecule has 0 fully saturated rings. The molecular weight excluding hydrogens is 342 g/mol. The van der Waals surface area contributed by atoms with Crippen LogP contribution in [0.25, 0.3) is 16.3 Å². The summed E-state index contributed by atoms with van der Waals surface area (Å²) in [7, 11) is 0. The summed E-state index contributed by atoms with van der Waals surface area (Å²) in [6.07, 6.45) is 0. The van der Waals surface area contributed by atoms with E-state index in [9.17, 15) is 4.79 Å². The van der Waals surface area contributed by atoms with E-state index in [1.807, 2.05) is 55.3 Å². The molecule has 3 aromatic rings. The molecule has 3 aromatic heterocycles. The number of amides is 1. The molecule has 8 heteroatoms. The third-order valence-electron chi connectivity index (χ3n) is 3.70. The Kier molecular flexibility index (Phi) is 5.15. The maximum atomic E-state index is 12.4. The van der Waals surface area contributed by atoms with Gasteiger partial charge in [-0.05, 0) is 44.4 Å². The Bertz CT molecular complexity index is 826. The van der Waals surface area contributed by atoms with Gasteiger partial charge < -0.3 is 4.90 Å². The van der Waals surface area contributed by atoms with Crippen LogP contribution in [-0.4, -0.2) is 49.0 Å². The first-order chi connectivity index (χ1) is 11.6. The van der Waals surface area contributed by atoms with Crippen LogP contribution < -0.4 is 0 Å². The summed E-state index contributed by atoms with van der Waals surface area (Å²) in [5.74, 6) is 0.860. The van der Waals surface area contributed by atoms with Crippen LogP contribution in [0, 0.1) is 0 Å². The zero-order valence-corrected chi connectivity index (χ0v) is 15.5. The van der Waals surface area contributed by atoms with Gasteiger partial charge in [-0.2, -0.15) is 9.61 Å². The molecule has 6 nitrogen and oxygen atoms in total. The van der Waals surface area contributed by atoms with Crippen LogP contribution in [0.4, 0.5) is 0 Å². The molecule has 3 heterocycles. The van der Waals surface area contributed by atoms with Crippen LogP contribution in [0.15, 0.2) is 34.7 Å². The highest BCUT2D eigenvalue weighted by atomic mass is 32.2. The number of rotatable bonds is 6. The lowest BCUT2D eigenvalue weighted by atomic mass is 10.4. The van der Waals surface area contributed by atoms with Crippen molar-refractivity contribution in [3.63, 3.8) is 0 Å². The van der Waals surface area contributed by atoms with Gasteiger partial charge in [0.15, 0.2) is 11.5 Å². The van der Waals surface area contributed by atoms with E-state index in [2.05, 4.69) is 15.3 Å². The molecule has 0 radical (unpaired) electrons. The zero-order chi connectivity index (χ0) is 17.1. The molecule has 0 spiro atoms. The Balaban J connectivity index is 1.85. The van der Waals surface area contributed by atoms with Crippen LogP contribution in [0.2, 0.25) is 0 Å². The fourth-order valence-electron chi connectivity index (χ4n) is 2.42. The van der Waals surface area contributed by atoms with E-state index in [0.29, 0.717) is 5.65 Å². The minimum Gasteiger partial charge on any atom is -0.342 e. The van der Waals surface area contributed by atoms with Gasteiger partial charge in [-0.15, -0.1) is 21.5 Å². The summed E-state index contributed by atoms with van der Waals surface area (Å²) in [4.78, 5) is 15.3. The maximum Gasteiger partial charge on any atom is 0.235 e. The molecule has 126 valence electrons. The average molecular weight is 361 g/mol. The van der Waals surface area contributed by atoms with Crippen molar-refractivity contribution < 1.29 is 4.79 Å². The van der Waals surface area contributed by atoms with Gasteiger partial charge in [0.1, 0.15) is 5.03 Å². The van der Waals surface area contributed by atoms with E-state index < -0.39 is 0 Å². The lowest BCUT2D eigenvalue weighted by Crippen LogP contribution is -2.36. The van der Waals surface area contributed by atoms with Crippen LogP contribution in [0.3, 0.4) is 0 Å². The molecule has 0 aliphatic carbocycles. The zero-order valence-electron chi connectivity index (χ0n) is 13.8. The van der Waals surface area contributed by atoms with Crippen molar-refractivity contribution >= 4 is 34.7 Å². The largest absolute Gasteiger partial charge is 0.342 e. The molecule has 0 aromatic carbocycles. The van der Waals surface area contributed by atoms with Crippen molar-refractivity contribution in [1.82, 2.24) is 24.7 Å². The standard InChI is InChI=1S/C16H19N5OS2/c1-4-20(5-2)16(22)11(3)24-14-9-8-13-17-18-15(21(13)19-14)12-7-6-10-23-12/h6-11H,4-5H2,1-3H3/t11-/m1/s1. The first-order valence-corrected chi connectivity index (χ1v) is 9.61. The molecule has 0 unspecified atom stereocenters. The predicted molar refractivity (Wildman–Crippen MR) is 97.3 cm³/mol. The minimum absolute atomic E-state index is 0.133. The molecule has 0 saturated heterocycles. The van der Waals surface area contributed by atoms with Gasteiger partial charge in [0, 0.05) is 13.1 Å². The molecular formula is C16H19N5OS2. The number of hydrogen-bond donors (Lipinski definition) is 0. The summed E-state index contributed by atoms with van der Waals surface area (Å²) in [6, 6.07) is 7.74. The topological polar surface area (TPSA) is 63.4 Å². The molecule has 3 rings (SSSR count).